The molecule has 2 N–H and O–H groups in total. The van der Waals surface area contributed by atoms with Gasteiger partial charge in [-0.15, -0.1) is 0 Å². The Kier molecular flexibility index (Phi) is 3.61. The lowest BCUT2D eigenvalue weighted by molar-refractivity contribution is 0.104. The van der Waals surface area contributed by atoms with Crippen molar-refractivity contribution in [2.24, 2.45) is 0 Å². The number of halogens is 1. The molecule has 2 aromatic carbocycles. The minimum Gasteiger partial charge on any atom is -0.507 e. The molecule has 0 aliphatic rings. The van der Waals surface area contributed by atoms with Crippen molar-refractivity contribution in [3.8, 4) is 11.5 Å². The molecule has 2 aromatic rings. The Morgan fingerprint density at radius 2 is 1.63 bits per heavy atom. The van der Waals surface area contributed by atoms with E-state index in [1.54, 1.807) is 18.2 Å². The molecular weight excluding hydrogens is 247 g/mol. The molecule has 0 spiro atoms. The second-order valence-electron chi connectivity index (χ2n) is 3.93. The molecule has 0 aliphatic carbocycles. The van der Waals surface area contributed by atoms with Gasteiger partial charge in [-0.05, 0) is 11.6 Å². The average Bonchev–Trinajstić information content (AvgIpc) is 2.36. The maximum Gasteiger partial charge on any atom is 0.193 e. The quantitative estimate of drug-likeness (QED) is 0.657. The van der Waals surface area contributed by atoms with E-state index in [0.29, 0.717) is 0 Å². The molecule has 0 saturated carbocycles. The van der Waals surface area contributed by atoms with Crippen LogP contribution in [-0.4, -0.2) is 16.0 Å². The number of carbonyl (C=O) groups excluding carboxylic acids is 1. The van der Waals surface area contributed by atoms with Crippen molar-refractivity contribution in [1.82, 2.24) is 0 Å². The highest BCUT2D eigenvalue weighted by molar-refractivity contribution is 6.10. The molecule has 2 rings (SSSR count). The van der Waals surface area contributed by atoms with Crippen LogP contribution in [0.1, 0.15) is 15.9 Å². The van der Waals surface area contributed by atoms with Crippen molar-refractivity contribution in [1.29, 1.82) is 0 Å². The zero-order chi connectivity index (χ0) is 13.8. The van der Waals surface area contributed by atoms with E-state index in [1.165, 1.54) is 6.08 Å². The predicted octanol–water partition coefficient (Wildman–Crippen LogP) is 3.13. The van der Waals surface area contributed by atoms with Crippen molar-refractivity contribution >= 4 is 11.9 Å². The zero-order valence-electron chi connectivity index (χ0n) is 9.88. The van der Waals surface area contributed by atoms with Gasteiger partial charge in [-0.25, -0.2) is 4.39 Å². The van der Waals surface area contributed by atoms with Crippen molar-refractivity contribution in [3.63, 3.8) is 0 Å². The number of benzene rings is 2. The summed E-state index contributed by atoms with van der Waals surface area (Å²) >= 11 is 0. The average molecular weight is 258 g/mol. The number of aromatic hydroxyl groups is 2. The van der Waals surface area contributed by atoms with E-state index < -0.39 is 23.1 Å². The van der Waals surface area contributed by atoms with Gasteiger partial charge in [0, 0.05) is 12.1 Å². The minimum absolute atomic E-state index is 0.311. The fraction of sp³-hybridized carbons (Fsp3) is 0. The number of allylic oxidation sites excluding steroid dienone is 1. The minimum atomic E-state index is -0.807. The van der Waals surface area contributed by atoms with Gasteiger partial charge in [0.2, 0.25) is 0 Å². The van der Waals surface area contributed by atoms with Crippen LogP contribution >= 0.6 is 0 Å². The van der Waals surface area contributed by atoms with Crippen LogP contribution in [-0.2, 0) is 0 Å². The molecule has 3 nitrogen and oxygen atoms in total. The van der Waals surface area contributed by atoms with Crippen LogP contribution in [0, 0.1) is 5.82 Å². The number of hydrogen-bond acceptors (Lipinski definition) is 3. The topological polar surface area (TPSA) is 57.5 Å². The molecule has 0 unspecified atom stereocenters. The van der Waals surface area contributed by atoms with Gasteiger partial charge in [-0.2, -0.15) is 0 Å². The van der Waals surface area contributed by atoms with E-state index in [9.17, 15) is 19.4 Å². The number of ketones is 1. The molecule has 0 heterocycles. The second kappa shape index (κ2) is 5.35. The van der Waals surface area contributed by atoms with E-state index >= 15 is 0 Å². The summed E-state index contributed by atoms with van der Waals surface area (Å²) in [5.74, 6) is -2.57. The Hall–Kier alpha value is -2.62. The monoisotopic (exact) mass is 258 g/mol. The van der Waals surface area contributed by atoms with Gasteiger partial charge in [0.15, 0.2) is 5.78 Å². The van der Waals surface area contributed by atoms with Crippen LogP contribution in [0.3, 0.4) is 0 Å². The molecule has 4 heteroatoms. The smallest absolute Gasteiger partial charge is 0.193 e. The Morgan fingerprint density at radius 3 is 2.21 bits per heavy atom. The van der Waals surface area contributed by atoms with E-state index in [0.717, 1.165) is 17.7 Å². The predicted molar refractivity (Wildman–Crippen MR) is 69.5 cm³/mol. The summed E-state index contributed by atoms with van der Waals surface area (Å²) in [6.45, 7) is 0. The summed E-state index contributed by atoms with van der Waals surface area (Å²) in [5, 5.41) is 19.0. The molecule has 0 saturated heterocycles. The van der Waals surface area contributed by atoms with E-state index in [1.807, 2.05) is 18.2 Å². The lowest BCUT2D eigenvalue weighted by Crippen LogP contribution is -1.96. The summed E-state index contributed by atoms with van der Waals surface area (Å²) in [7, 11) is 0. The van der Waals surface area contributed by atoms with E-state index in [-0.39, 0.29) is 5.56 Å². The molecule has 0 atom stereocenters. The highest BCUT2D eigenvalue weighted by Gasteiger charge is 2.15. The molecule has 96 valence electrons. The molecule has 0 radical (unpaired) electrons. The normalized spacial score (nSPS) is 10.8. The number of carbonyl (C=O) groups is 1. The van der Waals surface area contributed by atoms with Crippen molar-refractivity contribution < 1.29 is 19.4 Å². The first kappa shape index (κ1) is 12.8. The Balaban J connectivity index is 2.29. The number of rotatable bonds is 3. The SMILES string of the molecule is O=C(/C=C/c1ccccc1)c1c(O)cc(F)cc1O. The first-order valence-corrected chi connectivity index (χ1v) is 5.57. The van der Waals surface area contributed by atoms with Crippen LogP contribution in [0.15, 0.2) is 48.5 Å². The van der Waals surface area contributed by atoms with Crippen molar-refractivity contribution in [2.45, 2.75) is 0 Å². The zero-order valence-corrected chi connectivity index (χ0v) is 9.88. The van der Waals surface area contributed by atoms with Gasteiger partial charge >= 0.3 is 0 Å². The van der Waals surface area contributed by atoms with E-state index in [2.05, 4.69) is 0 Å². The van der Waals surface area contributed by atoms with Crippen LogP contribution in [0.4, 0.5) is 4.39 Å². The first-order valence-electron chi connectivity index (χ1n) is 5.57. The van der Waals surface area contributed by atoms with Gasteiger partial charge in [-0.1, -0.05) is 36.4 Å². The maximum absolute atomic E-state index is 12.9. The van der Waals surface area contributed by atoms with Crippen molar-refractivity contribution in [2.75, 3.05) is 0 Å². The summed E-state index contributed by atoms with van der Waals surface area (Å²) < 4.78 is 12.9. The second-order valence-corrected chi connectivity index (χ2v) is 3.93. The first-order chi connectivity index (χ1) is 9.08. The highest BCUT2D eigenvalue weighted by atomic mass is 19.1. The molecule has 19 heavy (non-hydrogen) atoms. The number of phenols is 2. The van der Waals surface area contributed by atoms with Gasteiger partial charge in [0.25, 0.3) is 0 Å². The molecule has 0 bridgehead atoms. The van der Waals surface area contributed by atoms with Gasteiger partial charge < -0.3 is 10.2 Å². The Bertz CT molecular complexity index is 610. The standard InChI is InChI=1S/C15H11FO3/c16-11-8-13(18)15(14(19)9-11)12(17)7-6-10-4-2-1-3-5-10/h1-9,18-19H/b7-6+. The molecular formula is C15H11FO3. The fourth-order valence-electron chi connectivity index (χ4n) is 1.65. The van der Waals surface area contributed by atoms with Gasteiger partial charge in [-0.3, -0.25) is 4.79 Å². The van der Waals surface area contributed by atoms with Crippen LogP contribution in [0.2, 0.25) is 0 Å². The number of phenolic OH excluding ortho intramolecular Hbond substituents is 2. The van der Waals surface area contributed by atoms with Crippen molar-refractivity contribution in [3.05, 3.63) is 65.5 Å². The van der Waals surface area contributed by atoms with Gasteiger partial charge in [0.1, 0.15) is 22.9 Å². The third kappa shape index (κ3) is 2.98. The number of hydrogen-bond donors (Lipinski definition) is 2. The third-order valence-electron chi connectivity index (χ3n) is 2.53. The Labute approximate surface area is 109 Å². The van der Waals surface area contributed by atoms with Gasteiger partial charge in [0.05, 0.1) is 0 Å². The molecule has 0 amide bonds. The molecule has 0 fully saturated rings. The largest absolute Gasteiger partial charge is 0.507 e. The maximum atomic E-state index is 12.9. The molecule has 0 aromatic heterocycles. The van der Waals surface area contributed by atoms with Crippen LogP contribution < -0.4 is 0 Å². The van der Waals surface area contributed by atoms with Crippen LogP contribution in [0.5, 0.6) is 11.5 Å². The molecule has 0 aliphatic heterocycles. The fourth-order valence-corrected chi connectivity index (χ4v) is 1.65. The summed E-state index contributed by atoms with van der Waals surface area (Å²) in [6, 6.07) is 10.6. The lowest BCUT2D eigenvalue weighted by Gasteiger charge is -2.03. The van der Waals surface area contributed by atoms with E-state index in [4.69, 9.17) is 0 Å². The summed E-state index contributed by atoms with van der Waals surface area (Å²) in [5.41, 5.74) is 0.491. The Morgan fingerprint density at radius 1 is 1.05 bits per heavy atom. The summed E-state index contributed by atoms with van der Waals surface area (Å²) in [4.78, 5) is 11.8. The van der Waals surface area contributed by atoms with Crippen LogP contribution in [0.25, 0.3) is 6.08 Å². The summed E-state index contributed by atoms with van der Waals surface area (Å²) in [6.07, 6.45) is 2.76. The third-order valence-corrected chi connectivity index (χ3v) is 2.53. The highest BCUT2D eigenvalue weighted by Crippen LogP contribution is 2.29. The lowest BCUT2D eigenvalue weighted by atomic mass is 10.1.